The van der Waals surface area contributed by atoms with Crippen molar-refractivity contribution in [3.8, 4) is 5.75 Å². The van der Waals surface area contributed by atoms with Crippen molar-refractivity contribution in [2.75, 3.05) is 13.7 Å². The van der Waals surface area contributed by atoms with Gasteiger partial charge in [0.1, 0.15) is 5.75 Å². The molecule has 6 heteroatoms. The topological polar surface area (TPSA) is 75.6 Å². The van der Waals surface area contributed by atoms with E-state index in [1.807, 2.05) is 0 Å². The smallest absolute Gasteiger partial charge is 0.241 e. The first kappa shape index (κ1) is 13.0. The van der Waals surface area contributed by atoms with Crippen molar-refractivity contribution in [2.24, 2.45) is 0 Å². The van der Waals surface area contributed by atoms with Crippen LogP contribution in [-0.4, -0.2) is 33.3 Å². The monoisotopic (exact) mass is 245 g/mol. The van der Waals surface area contributed by atoms with E-state index in [0.717, 1.165) is 0 Å². The fourth-order valence-electron chi connectivity index (χ4n) is 1.14. The molecule has 2 N–H and O–H groups in total. The zero-order valence-corrected chi connectivity index (χ0v) is 9.99. The van der Waals surface area contributed by atoms with Gasteiger partial charge in [-0.05, 0) is 19.1 Å². The average molecular weight is 245 g/mol. The lowest BCUT2D eigenvalue weighted by Gasteiger charge is -2.11. The summed E-state index contributed by atoms with van der Waals surface area (Å²) in [4.78, 5) is 0.118. The van der Waals surface area contributed by atoms with Crippen molar-refractivity contribution in [3.05, 3.63) is 24.3 Å². The van der Waals surface area contributed by atoms with E-state index in [1.165, 1.54) is 19.2 Å². The minimum absolute atomic E-state index is 0.118. The number of ether oxygens (including phenoxy) is 1. The van der Waals surface area contributed by atoms with E-state index < -0.39 is 16.1 Å². The van der Waals surface area contributed by atoms with Crippen molar-refractivity contribution in [2.45, 2.75) is 17.9 Å². The number of benzene rings is 1. The van der Waals surface area contributed by atoms with Crippen LogP contribution in [0.2, 0.25) is 0 Å². The van der Waals surface area contributed by atoms with Crippen LogP contribution in [0.25, 0.3) is 0 Å². The summed E-state index contributed by atoms with van der Waals surface area (Å²) in [6.07, 6.45) is 0. The van der Waals surface area contributed by atoms with Crippen LogP contribution < -0.4 is 9.46 Å². The van der Waals surface area contributed by atoms with Crippen molar-refractivity contribution in [3.63, 3.8) is 0 Å². The largest absolute Gasteiger partial charge is 0.497 e. The van der Waals surface area contributed by atoms with E-state index in [1.54, 1.807) is 19.1 Å². The minimum Gasteiger partial charge on any atom is -0.497 e. The van der Waals surface area contributed by atoms with Gasteiger partial charge in [0, 0.05) is 12.1 Å². The molecule has 0 fully saturated rings. The molecule has 0 amide bonds. The first-order chi connectivity index (χ1) is 7.49. The van der Waals surface area contributed by atoms with E-state index >= 15 is 0 Å². The van der Waals surface area contributed by atoms with Crippen molar-refractivity contribution < 1.29 is 18.3 Å². The fourth-order valence-corrected chi connectivity index (χ4v) is 2.41. The number of nitrogens with one attached hydrogen (secondary N) is 1. The van der Waals surface area contributed by atoms with Gasteiger partial charge in [-0.1, -0.05) is 6.07 Å². The van der Waals surface area contributed by atoms with Gasteiger partial charge in [0.25, 0.3) is 0 Å². The Bertz CT molecular complexity index is 444. The van der Waals surface area contributed by atoms with Gasteiger partial charge in [0.05, 0.1) is 18.6 Å². The highest BCUT2D eigenvalue weighted by molar-refractivity contribution is 7.89. The summed E-state index contributed by atoms with van der Waals surface area (Å²) in [5.74, 6) is 0.472. The van der Waals surface area contributed by atoms with E-state index in [4.69, 9.17) is 9.84 Å². The second-order valence-electron chi connectivity index (χ2n) is 3.38. The molecule has 0 unspecified atom stereocenters. The molecule has 0 saturated heterocycles. The molecular weight excluding hydrogens is 230 g/mol. The molecule has 16 heavy (non-hydrogen) atoms. The Kier molecular flexibility index (Phi) is 4.28. The molecule has 1 atom stereocenters. The SMILES string of the molecule is COc1cccc(S(=O)(=O)N[C@H](C)CO)c1. The van der Waals surface area contributed by atoms with E-state index in [0.29, 0.717) is 5.75 Å². The molecule has 0 aromatic heterocycles. The van der Waals surface area contributed by atoms with Gasteiger partial charge < -0.3 is 9.84 Å². The zero-order valence-electron chi connectivity index (χ0n) is 9.17. The van der Waals surface area contributed by atoms with Crippen LogP contribution in [0.15, 0.2) is 29.2 Å². The fraction of sp³-hybridized carbons (Fsp3) is 0.400. The molecule has 1 aromatic rings. The highest BCUT2D eigenvalue weighted by atomic mass is 32.2. The predicted molar refractivity (Wildman–Crippen MR) is 59.9 cm³/mol. The zero-order chi connectivity index (χ0) is 12.2. The summed E-state index contributed by atoms with van der Waals surface area (Å²) in [7, 11) is -2.13. The Morgan fingerprint density at radius 1 is 1.50 bits per heavy atom. The van der Waals surface area contributed by atoms with Crippen molar-refractivity contribution >= 4 is 10.0 Å². The summed E-state index contributed by atoms with van der Waals surface area (Å²) in [5.41, 5.74) is 0. The lowest BCUT2D eigenvalue weighted by molar-refractivity contribution is 0.265. The van der Waals surface area contributed by atoms with E-state index in [-0.39, 0.29) is 11.5 Å². The van der Waals surface area contributed by atoms with Gasteiger partial charge in [0.15, 0.2) is 0 Å². The molecule has 0 heterocycles. The Balaban J connectivity index is 2.98. The third kappa shape index (κ3) is 3.19. The maximum absolute atomic E-state index is 11.8. The number of sulfonamides is 1. The number of hydrogen-bond donors (Lipinski definition) is 2. The van der Waals surface area contributed by atoms with Crippen LogP contribution in [-0.2, 0) is 10.0 Å². The first-order valence-electron chi connectivity index (χ1n) is 4.77. The molecule has 1 aromatic carbocycles. The molecular formula is C10H15NO4S. The van der Waals surface area contributed by atoms with Crippen molar-refractivity contribution in [1.29, 1.82) is 0 Å². The van der Waals surface area contributed by atoms with E-state index in [2.05, 4.69) is 4.72 Å². The summed E-state index contributed by atoms with van der Waals surface area (Å²) in [6, 6.07) is 5.63. The molecule has 0 bridgehead atoms. The Morgan fingerprint density at radius 2 is 2.19 bits per heavy atom. The van der Waals surface area contributed by atoms with Crippen LogP contribution in [0, 0.1) is 0 Å². The predicted octanol–water partition coefficient (Wildman–Crippen LogP) is 0.354. The standard InChI is InChI=1S/C10H15NO4S/c1-8(7-12)11-16(13,14)10-5-3-4-9(6-10)15-2/h3-6,8,11-12H,7H2,1-2H3/t8-/m1/s1. The number of hydrogen-bond acceptors (Lipinski definition) is 4. The number of aliphatic hydroxyl groups is 1. The Morgan fingerprint density at radius 3 is 2.75 bits per heavy atom. The van der Waals surface area contributed by atoms with Gasteiger partial charge in [-0.3, -0.25) is 0 Å². The van der Waals surface area contributed by atoms with Crippen molar-refractivity contribution in [1.82, 2.24) is 4.72 Å². The van der Waals surface area contributed by atoms with Gasteiger partial charge in [0.2, 0.25) is 10.0 Å². The maximum atomic E-state index is 11.8. The van der Waals surface area contributed by atoms with Crippen LogP contribution >= 0.6 is 0 Å². The second kappa shape index (κ2) is 5.29. The number of aliphatic hydroxyl groups excluding tert-OH is 1. The molecule has 0 radical (unpaired) electrons. The van der Waals surface area contributed by atoms with E-state index in [9.17, 15) is 8.42 Å². The molecule has 0 saturated carbocycles. The second-order valence-corrected chi connectivity index (χ2v) is 5.10. The minimum atomic E-state index is -3.59. The summed E-state index contributed by atoms with van der Waals surface area (Å²) in [6.45, 7) is 1.33. The Hall–Kier alpha value is -1.11. The number of rotatable bonds is 5. The first-order valence-corrected chi connectivity index (χ1v) is 6.25. The molecule has 90 valence electrons. The van der Waals surface area contributed by atoms with Crippen LogP contribution in [0.5, 0.6) is 5.75 Å². The van der Waals surface area contributed by atoms with Gasteiger partial charge in [-0.25, -0.2) is 13.1 Å². The summed E-state index contributed by atoms with van der Waals surface area (Å²) in [5, 5.41) is 8.79. The quantitative estimate of drug-likeness (QED) is 0.785. The molecule has 0 spiro atoms. The normalized spacial score (nSPS) is 13.4. The molecule has 1 rings (SSSR count). The Labute approximate surface area is 95.1 Å². The maximum Gasteiger partial charge on any atom is 0.241 e. The number of methoxy groups -OCH3 is 1. The molecule has 0 aliphatic rings. The van der Waals surface area contributed by atoms with Crippen LogP contribution in [0.1, 0.15) is 6.92 Å². The lowest BCUT2D eigenvalue weighted by Crippen LogP contribution is -2.34. The summed E-state index contributed by atoms with van der Waals surface area (Å²) < 4.78 is 30.9. The third-order valence-electron chi connectivity index (χ3n) is 1.98. The highest BCUT2D eigenvalue weighted by Crippen LogP contribution is 2.16. The van der Waals surface area contributed by atoms with Crippen LogP contribution in [0.4, 0.5) is 0 Å². The molecule has 0 aliphatic carbocycles. The van der Waals surface area contributed by atoms with Gasteiger partial charge >= 0.3 is 0 Å². The third-order valence-corrected chi connectivity index (χ3v) is 3.57. The van der Waals surface area contributed by atoms with Crippen LogP contribution in [0.3, 0.4) is 0 Å². The summed E-state index contributed by atoms with van der Waals surface area (Å²) >= 11 is 0. The average Bonchev–Trinajstić information content (AvgIpc) is 2.28. The highest BCUT2D eigenvalue weighted by Gasteiger charge is 2.17. The van der Waals surface area contributed by atoms with Gasteiger partial charge in [-0.15, -0.1) is 0 Å². The van der Waals surface area contributed by atoms with Gasteiger partial charge in [-0.2, -0.15) is 0 Å². The lowest BCUT2D eigenvalue weighted by atomic mass is 10.3. The molecule has 0 aliphatic heterocycles. The molecule has 5 nitrogen and oxygen atoms in total.